The number of unbranched alkanes of at least 4 members (excludes halogenated alkanes) is 33. The molecule has 0 spiro atoms. The third kappa shape index (κ3) is 35.0. The molecule has 0 saturated carbocycles. The van der Waals surface area contributed by atoms with Gasteiger partial charge in [-0.05, 0) is 86.8 Å². The first-order valence-corrected chi connectivity index (χ1v) is 27.9. The minimum absolute atomic E-state index is 0. The van der Waals surface area contributed by atoms with Crippen molar-refractivity contribution in [1.29, 1.82) is 0 Å². The van der Waals surface area contributed by atoms with Crippen LogP contribution < -0.4 is 0 Å². The topological polar surface area (TPSA) is 24.7 Å². The number of aliphatic imine (C=N–C) groups is 2. The number of benzene rings is 2. The SMILES string of the molecule is CCCCCCCCCCCCCCCCCC=Cc1ccc(N=C(CCCC)C(CCCCC)=Nc2ccc(C=CCCCCCCCCCCCCCCCCC)cc2)cc1.[Ni]. The van der Waals surface area contributed by atoms with E-state index in [0.29, 0.717) is 0 Å². The predicted octanol–water partition coefficient (Wildman–Crippen LogP) is 21.8. The van der Waals surface area contributed by atoms with Gasteiger partial charge in [-0.3, -0.25) is 9.98 Å². The Morgan fingerprint density at radius 3 is 0.859 bits per heavy atom. The van der Waals surface area contributed by atoms with Gasteiger partial charge in [0.25, 0.3) is 0 Å². The summed E-state index contributed by atoms with van der Waals surface area (Å²) < 4.78 is 0. The number of allylic oxidation sites excluding steroid dienone is 2. The fraction of sp³-hybridized carbons (Fsp3) is 0.705. The van der Waals surface area contributed by atoms with E-state index in [1.54, 1.807) is 0 Å². The van der Waals surface area contributed by atoms with Crippen LogP contribution in [-0.2, 0) is 16.5 Å². The van der Waals surface area contributed by atoms with E-state index in [-0.39, 0.29) is 16.5 Å². The van der Waals surface area contributed by atoms with E-state index < -0.39 is 0 Å². The van der Waals surface area contributed by atoms with E-state index in [0.717, 1.165) is 49.2 Å². The number of rotatable bonds is 44. The van der Waals surface area contributed by atoms with Crippen molar-refractivity contribution in [2.24, 2.45) is 9.98 Å². The average Bonchev–Trinajstić information content (AvgIpc) is 3.30. The van der Waals surface area contributed by atoms with Crippen LogP contribution in [0.25, 0.3) is 12.2 Å². The van der Waals surface area contributed by atoms with Gasteiger partial charge in [-0.1, -0.05) is 275 Å². The molecule has 0 bridgehead atoms. The second kappa shape index (κ2) is 45.9. The first kappa shape index (κ1) is 59.8. The molecule has 366 valence electrons. The molecule has 0 amide bonds. The largest absolute Gasteiger partial charge is 0.252 e. The fourth-order valence-electron chi connectivity index (χ4n) is 8.75. The van der Waals surface area contributed by atoms with Crippen LogP contribution in [0.3, 0.4) is 0 Å². The summed E-state index contributed by atoms with van der Waals surface area (Å²) in [5, 5.41) is 0. The van der Waals surface area contributed by atoms with Crippen LogP contribution in [-0.4, -0.2) is 11.4 Å². The molecule has 2 nitrogen and oxygen atoms in total. The van der Waals surface area contributed by atoms with Crippen LogP contribution in [0.2, 0.25) is 0 Å². The average molecular weight is 922 g/mol. The molecule has 0 radical (unpaired) electrons. The van der Waals surface area contributed by atoms with Gasteiger partial charge in [0.1, 0.15) is 0 Å². The summed E-state index contributed by atoms with van der Waals surface area (Å²) in [5.74, 6) is 0. The second-order valence-electron chi connectivity index (χ2n) is 19.1. The summed E-state index contributed by atoms with van der Waals surface area (Å²) in [5.41, 5.74) is 6.95. The maximum atomic E-state index is 5.28. The Balaban J connectivity index is 0.0000205. The Morgan fingerprint density at radius 2 is 0.562 bits per heavy atom. The van der Waals surface area contributed by atoms with Gasteiger partial charge in [-0.2, -0.15) is 0 Å². The zero-order valence-electron chi connectivity index (χ0n) is 42.7. The van der Waals surface area contributed by atoms with Gasteiger partial charge in [-0.25, -0.2) is 0 Å². The smallest absolute Gasteiger partial charge is 0.0634 e. The molecule has 0 aliphatic rings. The van der Waals surface area contributed by atoms with Crippen molar-refractivity contribution in [2.75, 3.05) is 0 Å². The van der Waals surface area contributed by atoms with Gasteiger partial charge in [0, 0.05) is 16.5 Å². The molecule has 0 aromatic heterocycles. The fourth-order valence-corrected chi connectivity index (χ4v) is 8.75. The maximum absolute atomic E-state index is 5.28. The van der Waals surface area contributed by atoms with Crippen LogP contribution in [0.4, 0.5) is 11.4 Å². The molecule has 2 aromatic carbocycles. The first-order chi connectivity index (χ1) is 31.2. The summed E-state index contributed by atoms with van der Waals surface area (Å²) in [6.07, 6.45) is 62.1. The van der Waals surface area contributed by atoms with Crippen molar-refractivity contribution < 1.29 is 16.5 Å². The Hall–Kier alpha value is -2.25. The molecule has 0 saturated heterocycles. The molecule has 0 unspecified atom stereocenters. The summed E-state index contributed by atoms with van der Waals surface area (Å²) in [6, 6.07) is 17.7. The minimum atomic E-state index is 0. The number of nitrogens with zero attached hydrogens (tertiary/aromatic N) is 2. The van der Waals surface area contributed by atoms with E-state index in [1.807, 2.05) is 0 Å². The summed E-state index contributed by atoms with van der Waals surface area (Å²) in [4.78, 5) is 10.6. The van der Waals surface area contributed by atoms with Crippen LogP contribution in [0, 0.1) is 0 Å². The van der Waals surface area contributed by atoms with E-state index >= 15 is 0 Å². The molecule has 0 N–H and O–H groups in total. The van der Waals surface area contributed by atoms with Gasteiger partial charge in [0.15, 0.2) is 0 Å². The zero-order valence-corrected chi connectivity index (χ0v) is 43.7. The molecular formula is C61H102N2Ni. The van der Waals surface area contributed by atoms with Crippen LogP contribution in [0.5, 0.6) is 0 Å². The van der Waals surface area contributed by atoms with Gasteiger partial charge in [0.05, 0.1) is 22.8 Å². The third-order valence-corrected chi connectivity index (χ3v) is 13.0. The normalized spacial score (nSPS) is 12.2. The molecule has 0 aliphatic carbocycles. The zero-order chi connectivity index (χ0) is 44.9. The summed E-state index contributed by atoms with van der Waals surface area (Å²) in [7, 11) is 0. The predicted molar refractivity (Wildman–Crippen MR) is 288 cm³/mol. The molecule has 64 heavy (non-hydrogen) atoms. The second-order valence-corrected chi connectivity index (χ2v) is 19.1. The van der Waals surface area contributed by atoms with Gasteiger partial charge in [-0.15, -0.1) is 0 Å². The number of hydrogen-bond acceptors (Lipinski definition) is 2. The molecule has 0 aliphatic heterocycles. The first-order valence-electron chi connectivity index (χ1n) is 27.9. The van der Waals surface area contributed by atoms with Crippen LogP contribution in [0.1, 0.15) is 289 Å². The maximum Gasteiger partial charge on any atom is 0.0634 e. The Bertz CT molecular complexity index is 1400. The Labute approximate surface area is 409 Å². The summed E-state index contributed by atoms with van der Waals surface area (Å²) >= 11 is 0. The van der Waals surface area contributed by atoms with Crippen molar-refractivity contribution in [2.45, 2.75) is 278 Å². The quantitative estimate of drug-likeness (QED) is 0.0359. The molecule has 3 heteroatoms. The van der Waals surface area contributed by atoms with E-state index in [1.165, 1.54) is 235 Å². The monoisotopic (exact) mass is 921 g/mol. The van der Waals surface area contributed by atoms with Crippen LogP contribution >= 0.6 is 0 Å². The van der Waals surface area contributed by atoms with E-state index in [9.17, 15) is 0 Å². The van der Waals surface area contributed by atoms with Crippen molar-refractivity contribution in [3.8, 4) is 0 Å². The van der Waals surface area contributed by atoms with Crippen molar-refractivity contribution >= 4 is 35.0 Å². The van der Waals surface area contributed by atoms with Gasteiger partial charge in [0.2, 0.25) is 0 Å². The van der Waals surface area contributed by atoms with Crippen LogP contribution in [0.15, 0.2) is 70.7 Å². The number of hydrogen-bond donors (Lipinski definition) is 0. The molecule has 2 aromatic rings. The molecule has 0 heterocycles. The van der Waals surface area contributed by atoms with Crippen molar-refractivity contribution in [3.63, 3.8) is 0 Å². The van der Waals surface area contributed by atoms with Crippen molar-refractivity contribution in [3.05, 3.63) is 71.8 Å². The molecule has 2 rings (SSSR count). The standard InChI is InChI=1S/C61H102N2.Ni/c1-5-9-13-15-17-19-21-23-25-27-29-31-33-35-37-39-42-44-56-48-52-58(53-49-56)62-60(46-12-8-4)61(47-41-11-7-3)63-59-54-50-57(51-55-59)45-43-40-38-36-34-32-30-28-26-24-22-20-18-16-14-10-6-2;/h42-45,48-55H,5-41,46-47H2,1-4H3;. The van der Waals surface area contributed by atoms with Crippen molar-refractivity contribution in [1.82, 2.24) is 0 Å². The molecule has 0 atom stereocenters. The molecular weight excluding hydrogens is 819 g/mol. The third-order valence-electron chi connectivity index (χ3n) is 13.0. The van der Waals surface area contributed by atoms with E-state index in [2.05, 4.69) is 101 Å². The minimum Gasteiger partial charge on any atom is -0.252 e. The Kier molecular flexibility index (Phi) is 42.9. The van der Waals surface area contributed by atoms with Gasteiger partial charge >= 0.3 is 0 Å². The summed E-state index contributed by atoms with van der Waals surface area (Å²) in [6.45, 7) is 9.17. The van der Waals surface area contributed by atoms with E-state index in [4.69, 9.17) is 9.98 Å². The Morgan fingerprint density at radius 1 is 0.312 bits per heavy atom. The van der Waals surface area contributed by atoms with Gasteiger partial charge < -0.3 is 0 Å². The molecule has 0 fully saturated rings.